The van der Waals surface area contributed by atoms with Crippen LogP contribution in [0.2, 0.25) is 0 Å². The fraction of sp³-hybridized carbons (Fsp3) is 0.727. The highest BCUT2D eigenvalue weighted by atomic mass is 32.1. The summed E-state index contributed by atoms with van der Waals surface area (Å²) in [5.74, 6) is 0. The number of rotatable bonds is 5. The summed E-state index contributed by atoms with van der Waals surface area (Å²) in [6, 6.07) is 0. The highest BCUT2D eigenvalue weighted by Gasteiger charge is 2.24. The van der Waals surface area contributed by atoms with Gasteiger partial charge in [0.2, 0.25) is 0 Å². The van der Waals surface area contributed by atoms with Gasteiger partial charge < -0.3 is 10.1 Å². The molecule has 0 radical (unpaired) electrons. The molecule has 0 saturated carbocycles. The Morgan fingerprint density at radius 3 is 2.67 bits per heavy atom. The van der Waals surface area contributed by atoms with Crippen LogP contribution in [0.25, 0.3) is 0 Å². The van der Waals surface area contributed by atoms with Gasteiger partial charge in [0.15, 0.2) is 0 Å². The summed E-state index contributed by atoms with van der Waals surface area (Å²) < 4.78 is 5.42. The summed E-state index contributed by atoms with van der Waals surface area (Å²) in [6.07, 6.45) is 0. The fourth-order valence-electron chi connectivity index (χ4n) is 1.18. The van der Waals surface area contributed by atoms with Gasteiger partial charge in [0.1, 0.15) is 10.6 Å². The van der Waals surface area contributed by atoms with Gasteiger partial charge in [-0.1, -0.05) is 6.92 Å². The third kappa shape index (κ3) is 3.00. The summed E-state index contributed by atoms with van der Waals surface area (Å²) >= 11 is 1.73. The molecule has 15 heavy (non-hydrogen) atoms. The molecule has 0 unspecified atom stereocenters. The molecule has 0 bridgehead atoms. The molecule has 1 aromatic rings. The Morgan fingerprint density at radius 2 is 2.13 bits per heavy atom. The van der Waals surface area contributed by atoms with E-state index >= 15 is 0 Å². The van der Waals surface area contributed by atoms with Gasteiger partial charge in [-0.15, -0.1) is 11.3 Å². The number of nitrogens with one attached hydrogen (secondary N) is 1. The maximum atomic E-state index is 5.42. The van der Waals surface area contributed by atoms with E-state index < -0.39 is 0 Å². The Balaban J connectivity index is 2.85. The molecule has 0 aliphatic carbocycles. The number of aromatic nitrogens is 1. The smallest absolute Gasteiger partial charge is 0.125 e. The quantitative estimate of drug-likeness (QED) is 0.840. The first-order valence-electron chi connectivity index (χ1n) is 5.24. The van der Waals surface area contributed by atoms with E-state index in [1.54, 1.807) is 18.4 Å². The van der Waals surface area contributed by atoms with Crippen LogP contribution in [0, 0.1) is 6.92 Å². The largest absolute Gasteiger partial charge is 0.372 e. The van der Waals surface area contributed by atoms with E-state index in [0.717, 1.165) is 23.8 Å². The zero-order valence-corrected chi connectivity index (χ0v) is 11.0. The number of hydrogen-bond donors (Lipinski definition) is 1. The van der Waals surface area contributed by atoms with E-state index in [1.807, 2.05) is 13.8 Å². The van der Waals surface area contributed by atoms with Crippen LogP contribution in [-0.2, 0) is 16.9 Å². The van der Waals surface area contributed by atoms with Crippen LogP contribution in [0.5, 0.6) is 0 Å². The molecule has 0 atom stereocenters. The predicted octanol–water partition coefficient (Wildman–Crippen LogP) is 2.44. The van der Waals surface area contributed by atoms with Crippen molar-refractivity contribution in [2.45, 2.75) is 39.8 Å². The second-order valence-corrected chi connectivity index (χ2v) is 5.11. The van der Waals surface area contributed by atoms with Crippen molar-refractivity contribution in [2.24, 2.45) is 0 Å². The van der Waals surface area contributed by atoms with E-state index in [0.29, 0.717) is 0 Å². The lowest BCUT2D eigenvalue weighted by atomic mass is 10.1. The zero-order chi connectivity index (χ0) is 11.5. The number of aryl methyl sites for hydroxylation is 1. The Morgan fingerprint density at radius 1 is 1.47 bits per heavy atom. The average Bonchev–Trinajstić information content (AvgIpc) is 2.57. The molecule has 1 N–H and O–H groups in total. The van der Waals surface area contributed by atoms with Gasteiger partial charge >= 0.3 is 0 Å². The maximum absolute atomic E-state index is 5.42. The van der Waals surface area contributed by atoms with Gasteiger partial charge in [-0.05, 0) is 27.3 Å². The molecule has 0 aliphatic heterocycles. The first kappa shape index (κ1) is 12.6. The van der Waals surface area contributed by atoms with Crippen LogP contribution in [-0.4, -0.2) is 18.6 Å². The van der Waals surface area contributed by atoms with Crippen LogP contribution in [0.15, 0.2) is 0 Å². The normalized spacial score (nSPS) is 12.1. The summed E-state index contributed by atoms with van der Waals surface area (Å²) in [7, 11) is 1.72. The highest BCUT2D eigenvalue weighted by Crippen LogP contribution is 2.29. The van der Waals surface area contributed by atoms with Crippen molar-refractivity contribution in [3.63, 3.8) is 0 Å². The van der Waals surface area contributed by atoms with Crippen molar-refractivity contribution in [2.75, 3.05) is 13.7 Å². The van der Waals surface area contributed by atoms with E-state index in [-0.39, 0.29) is 5.60 Å². The van der Waals surface area contributed by atoms with Gasteiger partial charge in [0.25, 0.3) is 0 Å². The van der Waals surface area contributed by atoms with E-state index in [9.17, 15) is 0 Å². The fourth-order valence-corrected chi connectivity index (χ4v) is 2.29. The standard InChI is InChI=1S/C11H20N2OS/c1-6-12-7-9-8(2)13-10(15-9)11(3,4)14-5/h12H,6-7H2,1-5H3. The number of methoxy groups -OCH3 is 1. The first-order valence-corrected chi connectivity index (χ1v) is 6.05. The highest BCUT2D eigenvalue weighted by molar-refractivity contribution is 7.11. The molecule has 0 aliphatic rings. The second kappa shape index (κ2) is 5.05. The molecule has 1 aromatic heterocycles. The monoisotopic (exact) mass is 228 g/mol. The topological polar surface area (TPSA) is 34.1 Å². The number of nitrogens with zero attached hydrogens (tertiary/aromatic N) is 1. The molecular weight excluding hydrogens is 208 g/mol. The third-order valence-corrected chi connectivity index (χ3v) is 3.92. The molecular formula is C11H20N2OS. The molecule has 0 fully saturated rings. The molecule has 0 amide bonds. The van der Waals surface area contributed by atoms with E-state index in [2.05, 4.69) is 24.1 Å². The SMILES string of the molecule is CCNCc1sc(C(C)(C)OC)nc1C. The lowest BCUT2D eigenvalue weighted by molar-refractivity contribution is 0.0189. The van der Waals surface area contributed by atoms with Gasteiger partial charge in [-0.3, -0.25) is 0 Å². The van der Waals surface area contributed by atoms with Gasteiger partial charge in [0.05, 0.1) is 5.69 Å². The number of hydrogen-bond acceptors (Lipinski definition) is 4. The van der Waals surface area contributed by atoms with Gasteiger partial charge in [0, 0.05) is 18.5 Å². The molecule has 86 valence electrons. The van der Waals surface area contributed by atoms with Crippen molar-refractivity contribution in [1.29, 1.82) is 0 Å². The zero-order valence-electron chi connectivity index (χ0n) is 10.2. The summed E-state index contributed by atoms with van der Waals surface area (Å²) in [4.78, 5) is 5.86. The first-order chi connectivity index (χ1) is 7.01. The maximum Gasteiger partial charge on any atom is 0.125 e. The number of thiazole rings is 1. The van der Waals surface area contributed by atoms with Crippen LogP contribution in [0.4, 0.5) is 0 Å². The minimum absolute atomic E-state index is 0.278. The minimum atomic E-state index is -0.278. The van der Waals surface area contributed by atoms with Crippen molar-refractivity contribution in [1.82, 2.24) is 10.3 Å². The molecule has 1 rings (SSSR count). The van der Waals surface area contributed by atoms with Crippen molar-refractivity contribution in [3.05, 3.63) is 15.6 Å². The molecule has 3 nitrogen and oxygen atoms in total. The van der Waals surface area contributed by atoms with Crippen molar-refractivity contribution < 1.29 is 4.74 Å². The second-order valence-electron chi connectivity index (χ2n) is 4.02. The number of ether oxygens (including phenoxy) is 1. The van der Waals surface area contributed by atoms with Crippen molar-refractivity contribution in [3.8, 4) is 0 Å². The minimum Gasteiger partial charge on any atom is -0.372 e. The molecule has 0 saturated heterocycles. The molecule has 1 heterocycles. The summed E-state index contributed by atoms with van der Waals surface area (Å²) in [6.45, 7) is 10.1. The van der Waals surface area contributed by atoms with Crippen molar-refractivity contribution >= 4 is 11.3 Å². The van der Waals surface area contributed by atoms with Gasteiger partial charge in [-0.2, -0.15) is 0 Å². The predicted molar refractivity (Wildman–Crippen MR) is 64.3 cm³/mol. The lowest BCUT2D eigenvalue weighted by Gasteiger charge is -2.19. The lowest BCUT2D eigenvalue weighted by Crippen LogP contribution is -2.18. The summed E-state index contributed by atoms with van der Waals surface area (Å²) in [5, 5.41) is 4.37. The van der Waals surface area contributed by atoms with E-state index in [1.165, 1.54) is 4.88 Å². The molecule has 0 spiro atoms. The van der Waals surface area contributed by atoms with Gasteiger partial charge in [-0.25, -0.2) is 4.98 Å². The third-order valence-electron chi connectivity index (χ3n) is 2.45. The summed E-state index contributed by atoms with van der Waals surface area (Å²) in [5.41, 5.74) is 0.834. The Bertz CT molecular complexity index is 320. The Kier molecular flexibility index (Phi) is 4.25. The van der Waals surface area contributed by atoms with Crippen LogP contribution in [0.1, 0.15) is 36.3 Å². The Labute approximate surface area is 95.9 Å². The molecule has 0 aromatic carbocycles. The van der Waals surface area contributed by atoms with Crippen LogP contribution >= 0.6 is 11.3 Å². The van der Waals surface area contributed by atoms with Crippen LogP contribution in [0.3, 0.4) is 0 Å². The Hall–Kier alpha value is -0.450. The van der Waals surface area contributed by atoms with E-state index in [4.69, 9.17) is 4.74 Å². The van der Waals surface area contributed by atoms with Crippen LogP contribution < -0.4 is 5.32 Å². The average molecular weight is 228 g/mol. The molecule has 4 heteroatoms.